The van der Waals surface area contributed by atoms with E-state index in [4.69, 9.17) is 26.8 Å². The van der Waals surface area contributed by atoms with Gasteiger partial charge < -0.3 is 15.2 Å². The van der Waals surface area contributed by atoms with Crippen molar-refractivity contribution in [1.82, 2.24) is 0 Å². The topological polar surface area (TPSA) is 44.5 Å². The largest absolute Gasteiger partial charge is 0.495 e. The molecule has 0 amide bonds. The lowest BCUT2D eigenvalue weighted by Crippen LogP contribution is -2.47. The molecule has 0 spiro atoms. The Morgan fingerprint density at radius 1 is 1.14 bits per heavy atom. The molecule has 3 nitrogen and oxygen atoms in total. The fourth-order valence-electron chi connectivity index (χ4n) is 3.17. The zero-order valence-electron chi connectivity index (χ0n) is 13.4. The molecule has 1 fully saturated rings. The van der Waals surface area contributed by atoms with Gasteiger partial charge in [0.05, 0.1) is 23.8 Å². The first-order valence-corrected chi connectivity index (χ1v) is 7.85. The molecule has 0 heterocycles. The number of benzene rings is 1. The Hall–Kier alpha value is -0.770. The average molecular weight is 312 g/mol. The van der Waals surface area contributed by atoms with E-state index in [0.717, 1.165) is 31.2 Å². The Labute approximate surface area is 132 Å². The fourth-order valence-corrected chi connectivity index (χ4v) is 3.36. The van der Waals surface area contributed by atoms with E-state index < -0.39 is 0 Å². The predicted molar refractivity (Wildman–Crippen MR) is 86.9 cm³/mol. The highest BCUT2D eigenvalue weighted by molar-refractivity contribution is 6.32. The Morgan fingerprint density at radius 2 is 1.76 bits per heavy atom. The zero-order chi connectivity index (χ0) is 15.7. The monoisotopic (exact) mass is 311 g/mol. The van der Waals surface area contributed by atoms with Crippen molar-refractivity contribution >= 4 is 11.6 Å². The first kappa shape index (κ1) is 16.6. The molecule has 1 aromatic rings. The molecule has 0 radical (unpaired) electrons. The van der Waals surface area contributed by atoms with Gasteiger partial charge in [-0.1, -0.05) is 31.5 Å². The van der Waals surface area contributed by atoms with E-state index in [1.54, 1.807) is 14.2 Å². The molecule has 0 saturated heterocycles. The van der Waals surface area contributed by atoms with Crippen LogP contribution in [0.25, 0.3) is 0 Å². The van der Waals surface area contributed by atoms with Crippen LogP contribution < -0.4 is 10.5 Å². The minimum absolute atomic E-state index is 0.176. The van der Waals surface area contributed by atoms with Crippen molar-refractivity contribution in [1.29, 1.82) is 0 Å². The number of ether oxygens (including phenoxy) is 2. The number of rotatable bonds is 4. The molecule has 1 aliphatic carbocycles. The second kappa shape index (κ2) is 6.15. The van der Waals surface area contributed by atoms with E-state index >= 15 is 0 Å². The standard InChI is InChI=1S/C17H26ClNO2/c1-16(2)7-9-17(21-4,10-8-16)15(19)12-5-6-13(18)14(11-12)20-3/h5-6,11,15H,7-10,19H2,1-4H3. The van der Waals surface area contributed by atoms with Crippen molar-refractivity contribution in [3.63, 3.8) is 0 Å². The zero-order valence-corrected chi connectivity index (χ0v) is 14.2. The highest BCUT2D eigenvalue weighted by Gasteiger charge is 2.43. The lowest BCUT2D eigenvalue weighted by atomic mass is 9.67. The smallest absolute Gasteiger partial charge is 0.137 e. The van der Waals surface area contributed by atoms with Crippen LogP contribution in [0.5, 0.6) is 5.75 Å². The lowest BCUT2D eigenvalue weighted by molar-refractivity contribution is -0.0794. The third-order valence-corrected chi connectivity index (χ3v) is 5.27. The van der Waals surface area contributed by atoms with Gasteiger partial charge in [-0.05, 0) is 48.8 Å². The maximum Gasteiger partial charge on any atom is 0.137 e. The van der Waals surface area contributed by atoms with Crippen LogP contribution in [0.4, 0.5) is 0 Å². The molecule has 1 unspecified atom stereocenters. The summed E-state index contributed by atoms with van der Waals surface area (Å²) in [5.74, 6) is 0.659. The third-order valence-electron chi connectivity index (χ3n) is 4.96. The van der Waals surface area contributed by atoms with Crippen LogP contribution in [0.15, 0.2) is 18.2 Å². The molecule has 2 N–H and O–H groups in total. The second-order valence-electron chi connectivity index (χ2n) is 6.80. The summed E-state index contributed by atoms with van der Waals surface area (Å²) in [6.45, 7) is 4.62. The Bertz CT molecular complexity index is 492. The van der Waals surface area contributed by atoms with Gasteiger partial charge >= 0.3 is 0 Å². The normalized spacial score (nSPS) is 21.8. The van der Waals surface area contributed by atoms with Gasteiger partial charge in [-0.25, -0.2) is 0 Å². The minimum Gasteiger partial charge on any atom is -0.495 e. The Balaban J connectivity index is 2.26. The van der Waals surface area contributed by atoms with Crippen LogP contribution in [0.1, 0.15) is 51.1 Å². The summed E-state index contributed by atoms with van der Waals surface area (Å²) in [7, 11) is 3.39. The highest BCUT2D eigenvalue weighted by Crippen LogP contribution is 2.47. The van der Waals surface area contributed by atoms with Crippen LogP contribution in [0.3, 0.4) is 0 Å². The van der Waals surface area contributed by atoms with Crippen molar-refractivity contribution < 1.29 is 9.47 Å². The quantitative estimate of drug-likeness (QED) is 0.900. The number of nitrogens with two attached hydrogens (primary N) is 1. The summed E-state index contributed by atoms with van der Waals surface area (Å²) in [5, 5.41) is 0.602. The van der Waals surface area contributed by atoms with E-state index in [1.165, 1.54) is 0 Å². The third kappa shape index (κ3) is 3.36. The molecule has 1 atom stereocenters. The van der Waals surface area contributed by atoms with Gasteiger partial charge in [0, 0.05) is 7.11 Å². The van der Waals surface area contributed by atoms with Crippen LogP contribution in [-0.2, 0) is 4.74 Å². The summed E-state index contributed by atoms with van der Waals surface area (Å²) in [4.78, 5) is 0. The molecule has 4 heteroatoms. The van der Waals surface area contributed by atoms with Gasteiger partial charge in [-0.2, -0.15) is 0 Å². The second-order valence-corrected chi connectivity index (χ2v) is 7.21. The summed E-state index contributed by atoms with van der Waals surface area (Å²) in [5.41, 5.74) is 7.64. The minimum atomic E-state index is -0.297. The lowest BCUT2D eigenvalue weighted by Gasteiger charge is -2.46. The number of hydrogen-bond acceptors (Lipinski definition) is 3. The van der Waals surface area contributed by atoms with E-state index in [2.05, 4.69) is 13.8 Å². The van der Waals surface area contributed by atoms with Crippen molar-refractivity contribution in [2.75, 3.05) is 14.2 Å². The molecule has 1 aliphatic rings. The Kier molecular flexibility index (Phi) is 4.86. The fraction of sp³-hybridized carbons (Fsp3) is 0.647. The maximum atomic E-state index is 6.55. The molecular weight excluding hydrogens is 286 g/mol. The molecule has 21 heavy (non-hydrogen) atoms. The first-order valence-electron chi connectivity index (χ1n) is 7.48. The van der Waals surface area contributed by atoms with Gasteiger partial charge in [0.15, 0.2) is 0 Å². The highest BCUT2D eigenvalue weighted by atomic mass is 35.5. The van der Waals surface area contributed by atoms with Gasteiger partial charge in [-0.15, -0.1) is 0 Å². The van der Waals surface area contributed by atoms with Gasteiger partial charge in [-0.3, -0.25) is 0 Å². The summed E-state index contributed by atoms with van der Waals surface area (Å²) in [6.07, 6.45) is 4.20. The average Bonchev–Trinajstić information content (AvgIpc) is 2.48. The molecule has 118 valence electrons. The summed E-state index contributed by atoms with van der Waals surface area (Å²) >= 11 is 6.10. The maximum absolute atomic E-state index is 6.55. The van der Waals surface area contributed by atoms with Crippen LogP contribution in [-0.4, -0.2) is 19.8 Å². The molecule has 1 aromatic carbocycles. The first-order chi connectivity index (χ1) is 9.83. The van der Waals surface area contributed by atoms with Crippen molar-refractivity contribution in [2.24, 2.45) is 11.1 Å². The van der Waals surface area contributed by atoms with E-state index in [9.17, 15) is 0 Å². The van der Waals surface area contributed by atoms with E-state index in [-0.39, 0.29) is 11.6 Å². The van der Waals surface area contributed by atoms with E-state index in [0.29, 0.717) is 16.2 Å². The predicted octanol–water partition coefficient (Wildman–Crippen LogP) is 4.33. The number of hydrogen-bond donors (Lipinski definition) is 1. The summed E-state index contributed by atoms with van der Waals surface area (Å²) in [6, 6.07) is 5.56. The van der Waals surface area contributed by atoms with E-state index in [1.807, 2.05) is 18.2 Å². The summed E-state index contributed by atoms with van der Waals surface area (Å²) < 4.78 is 11.2. The molecule has 0 bridgehead atoms. The molecule has 0 aromatic heterocycles. The van der Waals surface area contributed by atoms with Crippen LogP contribution in [0.2, 0.25) is 5.02 Å². The number of halogens is 1. The van der Waals surface area contributed by atoms with Crippen molar-refractivity contribution in [3.05, 3.63) is 28.8 Å². The van der Waals surface area contributed by atoms with Gasteiger partial charge in [0.25, 0.3) is 0 Å². The SMILES string of the molecule is COc1cc(C(N)C2(OC)CCC(C)(C)CC2)ccc1Cl. The van der Waals surface area contributed by atoms with Crippen molar-refractivity contribution in [2.45, 2.75) is 51.2 Å². The van der Waals surface area contributed by atoms with Crippen molar-refractivity contribution in [3.8, 4) is 5.75 Å². The number of methoxy groups -OCH3 is 2. The van der Waals surface area contributed by atoms with Crippen LogP contribution >= 0.6 is 11.6 Å². The van der Waals surface area contributed by atoms with Crippen LogP contribution in [0, 0.1) is 5.41 Å². The molecule has 1 saturated carbocycles. The Morgan fingerprint density at radius 3 is 2.29 bits per heavy atom. The van der Waals surface area contributed by atoms with Gasteiger partial charge in [0.1, 0.15) is 5.75 Å². The molecular formula is C17H26ClNO2. The van der Waals surface area contributed by atoms with Gasteiger partial charge in [0.2, 0.25) is 0 Å². The molecule has 0 aliphatic heterocycles. The molecule has 2 rings (SSSR count).